The molecule has 1 N–H and O–H groups in total. The summed E-state index contributed by atoms with van der Waals surface area (Å²) in [6.07, 6.45) is 4.27. The number of rotatable bonds is 3. The van der Waals surface area contributed by atoms with Gasteiger partial charge in [-0.2, -0.15) is 0 Å². The van der Waals surface area contributed by atoms with Crippen molar-refractivity contribution in [3.63, 3.8) is 0 Å². The lowest BCUT2D eigenvalue weighted by atomic mass is 10.2. The molecule has 3 aromatic rings. The Hall–Kier alpha value is -2.28. The van der Waals surface area contributed by atoms with Gasteiger partial charge in [0.15, 0.2) is 4.96 Å². The van der Waals surface area contributed by atoms with Crippen molar-refractivity contribution in [3.05, 3.63) is 41.5 Å². The van der Waals surface area contributed by atoms with E-state index in [1.807, 2.05) is 0 Å². The molecule has 0 spiro atoms. The van der Waals surface area contributed by atoms with Gasteiger partial charge in [-0.3, -0.25) is 14.2 Å². The van der Waals surface area contributed by atoms with Crippen molar-refractivity contribution < 1.29 is 14.3 Å². The van der Waals surface area contributed by atoms with Crippen LogP contribution < -0.4 is 0 Å². The second-order valence-corrected chi connectivity index (χ2v) is 4.80. The van der Waals surface area contributed by atoms with Gasteiger partial charge in [0.25, 0.3) is 0 Å². The average Bonchev–Trinajstić information content (AvgIpc) is 2.91. The van der Waals surface area contributed by atoms with E-state index in [1.165, 1.54) is 23.6 Å². The second-order valence-electron chi connectivity index (χ2n) is 3.97. The van der Waals surface area contributed by atoms with E-state index in [-0.39, 0.29) is 6.42 Å². The summed E-state index contributed by atoms with van der Waals surface area (Å²) in [5, 5.41) is 10.6. The van der Waals surface area contributed by atoms with E-state index in [2.05, 4.69) is 9.97 Å². The minimum absolute atomic E-state index is 0.0722. The number of imidazole rings is 1. The molecule has 0 aliphatic heterocycles. The van der Waals surface area contributed by atoms with E-state index in [0.29, 0.717) is 21.9 Å². The summed E-state index contributed by atoms with van der Waals surface area (Å²) < 4.78 is 14.8. The molecule has 0 fully saturated rings. The highest BCUT2D eigenvalue weighted by Crippen LogP contribution is 2.23. The van der Waals surface area contributed by atoms with Crippen LogP contribution in [0.1, 0.15) is 5.69 Å². The highest BCUT2D eigenvalue weighted by atomic mass is 32.1. The van der Waals surface area contributed by atoms with E-state index in [4.69, 9.17) is 5.11 Å². The third kappa shape index (κ3) is 2.19. The fraction of sp³-hybridized carbons (Fsp3) is 0.0833. The molecule has 7 heteroatoms. The van der Waals surface area contributed by atoms with Crippen molar-refractivity contribution in [1.29, 1.82) is 0 Å². The van der Waals surface area contributed by atoms with Crippen LogP contribution in [0.4, 0.5) is 4.39 Å². The van der Waals surface area contributed by atoms with Gasteiger partial charge in [-0.15, -0.1) is 11.3 Å². The lowest BCUT2D eigenvalue weighted by Gasteiger charge is -1.95. The van der Waals surface area contributed by atoms with Crippen LogP contribution in [0.15, 0.2) is 30.0 Å². The van der Waals surface area contributed by atoms with E-state index in [0.717, 1.165) is 6.20 Å². The predicted molar refractivity (Wildman–Crippen MR) is 67.6 cm³/mol. The lowest BCUT2D eigenvalue weighted by Crippen LogP contribution is -2.02. The second kappa shape index (κ2) is 4.43. The first-order valence-electron chi connectivity index (χ1n) is 5.41. The maximum absolute atomic E-state index is 13.1. The predicted octanol–water partition coefficient (Wildman–Crippen LogP) is 2.22. The van der Waals surface area contributed by atoms with Crippen LogP contribution in [0.2, 0.25) is 0 Å². The standard InChI is InChI=1S/C12H8FN3O2S/c13-8-1-7(3-14-4-8)10-5-16-9(2-11(17)18)6-19-12(16)15-10/h1,3-6H,2H2,(H,17,18). The van der Waals surface area contributed by atoms with Crippen LogP contribution in [0.5, 0.6) is 0 Å². The number of aromatic nitrogens is 3. The molecular weight excluding hydrogens is 269 g/mol. The van der Waals surface area contributed by atoms with Crippen molar-refractivity contribution >= 4 is 22.3 Å². The number of nitrogens with zero attached hydrogens (tertiary/aromatic N) is 3. The normalized spacial score (nSPS) is 11.0. The van der Waals surface area contributed by atoms with Gasteiger partial charge in [0.2, 0.25) is 0 Å². The highest BCUT2D eigenvalue weighted by molar-refractivity contribution is 7.15. The number of aliphatic carboxylic acids is 1. The van der Waals surface area contributed by atoms with E-state index in [1.54, 1.807) is 16.0 Å². The molecule has 0 aliphatic carbocycles. The summed E-state index contributed by atoms with van der Waals surface area (Å²) in [5.74, 6) is -1.33. The molecular formula is C12H8FN3O2S. The molecule has 0 amide bonds. The van der Waals surface area contributed by atoms with Gasteiger partial charge < -0.3 is 5.11 Å². The van der Waals surface area contributed by atoms with E-state index >= 15 is 0 Å². The SMILES string of the molecule is O=C(O)Cc1csc2nc(-c3cncc(F)c3)cn12. The molecule has 96 valence electrons. The molecule has 3 aromatic heterocycles. The fourth-order valence-electron chi connectivity index (χ4n) is 1.80. The van der Waals surface area contributed by atoms with Crippen LogP contribution >= 0.6 is 11.3 Å². The number of hydrogen-bond donors (Lipinski definition) is 1. The molecule has 3 heterocycles. The van der Waals surface area contributed by atoms with Crippen molar-refractivity contribution in [3.8, 4) is 11.3 Å². The molecule has 0 saturated heterocycles. The van der Waals surface area contributed by atoms with Crippen LogP contribution in [-0.4, -0.2) is 25.4 Å². The Bertz CT molecular complexity index is 765. The summed E-state index contributed by atoms with van der Waals surface area (Å²) >= 11 is 1.35. The molecule has 0 aliphatic rings. The van der Waals surface area contributed by atoms with Crippen molar-refractivity contribution in [2.24, 2.45) is 0 Å². The zero-order chi connectivity index (χ0) is 13.4. The van der Waals surface area contributed by atoms with Crippen LogP contribution in [0.3, 0.4) is 0 Å². The molecule has 3 rings (SSSR count). The van der Waals surface area contributed by atoms with Crippen LogP contribution in [0, 0.1) is 5.82 Å². The number of thiazole rings is 1. The Morgan fingerprint density at radius 1 is 1.47 bits per heavy atom. The molecule has 5 nitrogen and oxygen atoms in total. The summed E-state index contributed by atoms with van der Waals surface area (Å²) in [4.78, 5) is 19.5. The topological polar surface area (TPSA) is 67.5 Å². The van der Waals surface area contributed by atoms with Crippen LogP contribution in [-0.2, 0) is 11.2 Å². The Morgan fingerprint density at radius 2 is 2.32 bits per heavy atom. The zero-order valence-corrected chi connectivity index (χ0v) is 10.4. The summed E-state index contributed by atoms with van der Waals surface area (Å²) in [5.41, 5.74) is 1.79. The summed E-state index contributed by atoms with van der Waals surface area (Å²) in [6, 6.07) is 1.34. The number of carbonyl (C=O) groups is 1. The number of pyridine rings is 1. The smallest absolute Gasteiger partial charge is 0.309 e. The van der Waals surface area contributed by atoms with Gasteiger partial charge in [-0.05, 0) is 6.07 Å². The van der Waals surface area contributed by atoms with Gasteiger partial charge in [-0.1, -0.05) is 0 Å². The van der Waals surface area contributed by atoms with Crippen LogP contribution in [0.25, 0.3) is 16.2 Å². The molecule has 19 heavy (non-hydrogen) atoms. The molecule has 0 saturated carbocycles. The number of halogens is 1. The number of carboxylic acids is 1. The maximum atomic E-state index is 13.1. The minimum Gasteiger partial charge on any atom is -0.481 e. The third-order valence-corrected chi connectivity index (χ3v) is 3.51. The summed E-state index contributed by atoms with van der Waals surface area (Å²) in [7, 11) is 0. The maximum Gasteiger partial charge on any atom is 0.309 e. The van der Waals surface area contributed by atoms with Gasteiger partial charge in [0.05, 0.1) is 18.3 Å². The number of hydrogen-bond acceptors (Lipinski definition) is 4. The van der Waals surface area contributed by atoms with Crippen molar-refractivity contribution in [2.75, 3.05) is 0 Å². The van der Waals surface area contributed by atoms with E-state index < -0.39 is 11.8 Å². The van der Waals surface area contributed by atoms with Gasteiger partial charge in [-0.25, -0.2) is 9.37 Å². The van der Waals surface area contributed by atoms with Crippen molar-refractivity contribution in [1.82, 2.24) is 14.4 Å². The average molecular weight is 277 g/mol. The molecule has 0 bridgehead atoms. The molecule has 0 aromatic carbocycles. The van der Waals surface area contributed by atoms with E-state index in [9.17, 15) is 9.18 Å². The summed E-state index contributed by atoms with van der Waals surface area (Å²) in [6.45, 7) is 0. The van der Waals surface area contributed by atoms with Crippen molar-refractivity contribution in [2.45, 2.75) is 6.42 Å². The van der Waals surface area contributed by atoms with Gasteiger partial charge in [0, 0.05) is 29.0 Å². The van der Waals surface area contributed by atoms with Gasteiger partial charge in [0.1, 0.15) is 5.82 Å². The number of fused-ring (bicyclic) bond motifs is 1. The van der Waals surface area contributed by atoms with Gasteiger partial charge >= 0.3 is 5.97 Å². The molecule has 0 radical (unpaired) electrons. The molecule has 0 atom stereocenters. The highest BCUT2D eigenvalue weighted by Gasteiger charge is 2.12. The first-order valence-corrected chi connectivity index (χ1v) is 6.29. The first kappa shape index (κ1) is 11.8. The Morgan fingerprint density at radius 3 is 3.05 bits per heavy atom. The monoisotopic (exact) mass is 277 g/mol. The molecule has 0 unspecified atom stereocenters. The minimum atomic E-state index is -0.901. The lowest BCUT2D eigenvalue weighted by molar-refractivity contribution is -0.136. The Balaban J connectivity index is 2.07. The fourth-order valence-corrected chi connectivity index (χ4v) is 2.68. The quantitative estimate of drug-likeness (QED) is 0.797. The Labute approximate surface area is 111 Å². The zero-order valence-electron chi connectivity index (χ0n) is 9.58. The first-order chi connectivity index (χ1) is 9.13. The third-order valence-electron chi connectivity index (χ3n) is 2.62. The number of carboxylic acid groups (broad SMARTS) is 1. The largest absolute Gasteiger partial charge is 0.481 e. The Kier molecular flexibility index (Phi) is 2.75.